The molecule has 0 aromatic carbocycles. The van der Waals surface area contributed by atoms with Gasteiger partial charge in [0.1, 0.15) is 0 Å². The lowest BCUT2D eigenvalue weighted by Crippen LogP contribution is -2.21. The lowest BCUT2D eigenvalue weighted by molar-refractivity contribution is 0.122. The largest absolute Gasteiger partial charge is 0.381 e. The second-order valence-electron chi connectivity index (χ2n) is 3.88. The normalized spacial score (nSPS) is 12.9. The van der Waals surface area contributed by atoms with Gasteiger partial charge in [0, 0.05) is 24.1 Å². The first-order valence-electron chi connectivity index (χ1n) is 6.23. The summed E-state index contributed by atoms with van der Waals surface area (Å²) in [7, 11) is 0. The summed E-state index contributed by atoms with van der Waals surface area (Å²) in [5, 5.41) is 5.64. The van der Waals surface area contributed by atoms with Crippen LogP contribution in [-0.4, -0.2) is 19.8 Å². The molecule has 1 N–H and O–H groups in total. The average Bonchev–Trinajstić information content (AvgIpc) is 2.81. The number of nitrogens with one attached hydrogen (secondary N) is 1. The van der Waals surface area contributed by atoms with E-state index in [9.17, 15) is 0 Å². The van der Waals surface area contributed by atoms with E-state index in [1.54, 1.807) is 0 Å². The van der Waals surface area contributed by atoms with Crippen LogP contribution in [0.25, 0.3) is 0 Å². The zero-order chi connectivity index (χ0) is 11.6. The molecule has 1 aromatic rings. The van der Waals surface area contributed by atoms with E-state index >= 15 is 0 Å². The molecule has 0 aliphatic rings. The monoisotopic (exact) mass is 241 g/mol. The predicted octanol–water partition coefficient (Wildman–Crippen LogP) is 3.61. The van der Waals surface area contributed by atoms with E-state index in [0.717, 1.165) is 26.2 Å². The maximum Gasteiger partial charge on any atom is 0.0484 e. The van der Waals surface area contributed by atoms with Gasteiger partial charge in [-0.2, -0.15) is 0 Å². The Morgan fingerprint density at radius 2 is 2.25 bits per heavy atom. The van der Waals surface area contributed by atoms with Crippen molar-refractivity contribution >= 4 is 11.3 Å². The minimum atomic E-state index is 0.464. The molecule has 1 unspecified atom stereocenters. The third-order valence-electron chi connectivity index (χ3n) is 2.53. The van der Waals surface area contributed by atoms with Gasteiger partial charge in [0.05, 0.1) is 0 Å². The van der Waals surface area contributed by atoms with Crippen molar-refractivity contribution < 1.29 is 4.74 Å². The first-order valence-corrected chi connectivity index (χ1v) is 7.11. The van der Waals surface area contributed by atoms with E-state index in [1.807, 2.05) is 11.3 Å². The molecule has 0 amide bonds. The second-order valence-corrected chi connectivity index (χ2v) is 4.86. The fraction of sp³-hybridized carbons (Fsp3) is 0.692. The van der Waals surface area contributed by atoms with E-state index in [1.165, 1.54) is 17.7 Å². The van der Waals surface area contributed by atoms with Crippen molar-refractivity contribution in [3.05, 3.63) is 22.4 Å². The third kappa shape index (κ3) is 5.10. The predicted molar refractivity (Wildman–Crippen MR) is 71.1 cm³/mol. The van der Waals surface area contributed by atoms with Gasteiger partial charge in [-0.15, -0.1) is 11.3 Å². The molecule has 0 saturated heterocycles. The van der Waals surface area contributed by atoms with Gasteiger partial charge < -0.3 is 10.1 Å². The van der Waals surface area contributed by atoms with Gasteiger partial charge >= 0.3 is 0 Å². The molecule has 0 bridgehead atoms. The summed E-state index contributed by atoms with van der Waals surface area (Å²) in [6, 6.07) is 4.78. The maximum absolute atomic E-state index is 5.61. The molecule has 1 atom stereocenters. The molecule has 0 fully saturated rings. The van der Waals surface area contributed by atoms with Crippen LogP contribution in [0.1, 0.15) is 44.0 Å². The molecular formula is C13H23NOS. The summed E-state index contributed by atoms with van der Waals surface area (Å²) in [5.74, 6) is 0. The zero-order valence-electron chi connectivity index (χ0n) is 10.4. The Morgan fingerprint density at radius 1 is 1.38 bits per heavy atom. The van der Waals surface area contributed by atoms with Crippen LogP contribution in [-0.2, 0) is 4.74 Å². The van der Waals surface area contributed by atoms with Crippen LogP contribution < -0.4 is 5.32 Å². The summed E-state index contributed by atoms with van der Waals surface area (Å²) in [4.78, 5) is 1.42. The van der Waals surface area contributed by atoms with E-state index < -0.39 is 0 Å². The van der Waals surface area contributed by atoms with E-state index in [2.05, 4.69) is 36.7 Å². The Kier molecular flexibility index (Phi) is 7.47. The van der Waals surface area contributed by atoms with E-state index in [0.29, 0.717) is 6.04 Å². The molecule has 2 nitrogen and oxygen atoms in total. The fourth-order valence-electron chi connectivity index (χ4n) is 1.63. The molecule has 1 rings (SSSR count). The van der Waals surface area contributed by atoms with Gasteiger partial charge in [0.2, 0.25) is 0 Å². The van der Waals surface area contributed by atoms with Crippen LogP contribution in [0, 0.1) is 0 Å². The Morgan fingerprint density at radius 3 is 2.88 bits per heavy atom. The highest BCUT2D eigenvalue weighted by molar-refractivity contribution is 7.10. The van der Waals surface area contributed by atoms with Gasteiger partial charge in [-0.3, -0.25) is 0 Å². The lowest BCUT2D eigenvalue weighted by atomic mass is 10.2. The zero-order valence-corrected chi connectivity index (χ0v) is 11.2. The van der Waals surface area contributed by atoms with Gasteiger partial charge in [-0.05, 0) is 30.8 Å². The Labute approximate surface area is 103 Å². The number of thiophene rings is 1. The topological polar surface area (TPSA) is 21.3 Å². The summed E-state index contributed by atoms with van der Waals surface area (Å²) in [6.07, 6.45) is 3.45. The summed E-state index contributed by atoms with van der Waals surface area (Å²) < 4.78 is 5.61. The van der Waals surface area contributed by atoms with Crippen LogP contribution in [0.2, 0.25) is 0 Å². The standard InChI is InChI=1S/C13H23NOS/c1-3-5-9-15-10-8-12(14-4-2)13-7-6-11-16-13/h6-7,11-12,14H,3-5,8-10H2,1-2H3. The fourth-order valence-corrected chi connectivity index (χ4v) is 2.47. The lowest BCUT2D eigenvalue weighted by Gasteiger charge is -2.16. The summed E-state index contributed by atoms with van der Waals surface area (Å²) >= 11 is 1.82. The summed E-state index contributed by atoms with van der Waals surface area (Å²) in [5.41, 5.74) is 0. The first kappa shape index (κ1) is 13.7. The third-order valence-corrected chi connectivity index (χ3v) is 3.52. The quantitative estimate of drug-likeness (QED) is 0.667. The van der Waals surface area contributed by atoms with Crippen LogP contribution in [0.5, 0.6) is 0 Å². The van der Waals surface area contributed by atoms with Crippen molar-refractivity contribution in [2.45, 2.75) is 39.2 Å². The molecule has 0 saturated carbocycles. The second kappa shape index (κ2) is 8.74. The molecule has 1 aromatic heterocycles. The van der Waals surface area contributed by atoms with E-state index in [-0.39, 0.29) is 0 Å². The van der Waals surface area contributed by atoms with Gasteiger partial charge in [0.15, 0.2) is 0 Å². The molecular weight excluding hydrogens is 218 g/mol. The van der Waals surface area contributed by atoms with Crippen molar-refractivity contribution in [3.8, 4) is 0 Å². The van der Waals surface area contributed by atoms with Crippen molar-refractivity contribution in [1.82, 2.24) is 5.32 Å². The molecule has 16 heavy (non-hydrogen) atoms. The Bertz CT molecular complexity index is 248. The molecule has 0 radical (unpaired) electrons. The van der Waals surface area contributed by atoms with Crippen molar-refractivity contribution in [3.63, 3.8) is 0 Å². The van der Waals surface area contributed by atoms with E-state index in [4.69, 9.17) is 4.74 Å². The molecule has 0 spiro atoms. The van der Waals surface area contributed by atoms with Crippen molar-refractivity contribution in [2.75, 3.05) is 19.8 Å². The first-order chi connectivity index (χ1) is 7.88. The number of rotatable bonds is 9. The van der Waals surface area contributed by atoms with Crippen LogP contribution in [0.4, 0.5) is 0 Å². The minimum absolute atomic E-state index is 0.464. The molecule has 0 aliphatic heterocycles. The van der Waals surface area contributed by atoms with Gasteiger partial charge in [0.25, 0.3) is 0 Å². The van der Waals surface area contributed by atoms with Crippen molar-refractivity contribution in [1.29, 1.82) is 0 Å². The number of hydrogen-bond donors (Lipinski definition) is 1. The summed E-state index contributed by atoms with van der Waals surface area (Å²) in [6.45, 7) is 7.11. The van der Waals surface area contributed by atoms with Crippen LogP contribution in [0.3, 0.4) is 0 Å². The Hall–Kier alpha value is -0.380. The highest BCUT2D eigenvalue weighted by Crippen LogP contribution is 2.21. The van der Waals surface area contributed by atoms with Crippen LogP contribution in [0.15, 0.2) is 17.5 Å². The highest BCUT2D eigenvalue weighted by atomic mass is 32.1. The smallest absolute Gasteiger partial charge is 0.0484 e. The van der Waals surface area contributed by atoms with Gasteiger partial charge in [-0.25, -0.2) is 0 Å². The number of unbranched alkanes of at least 4 members (excludes halogenated alkanes) is 1. The molecule has 0 aliphatic carbocycles. The highest BCUT2D eigenvalue weighted by Gasteiger charge is 2.10. The van der Waals surface area contributed by atoms with Gasteiger partial charge in [-0.1, -0.05) is 26.3 Å². The molecule has 3 heteroatoms. The van der Waals surface area contributed by atoms with Crippen LogP contribution >= 0.6 is 11.3 Å². The Balaban J connectivity index is 2.24. The minimum Gasteiger partial charge on any atom is -0.381 e. The number of hydrogen-bond acceptors (Lipinski definition) is 3. The average molecular weight is 241 g/mol. The maximum atomic E-state index is 5.61. The SMILES string of the molecule is CCCCOCCC(NCC)c1cccs1. The van der Waals surface area contributed by atoms with Crippen molar-refractivity contribution in [2.24, 2.45) is 0 Å². The molecule has 1 heterocycles. The molecule has 92 valence electrons. The number of ether oxygens (including phenoxy) is 1.